The van der Waals surface area contributed by atoms with Crippen LogP contribution < -0.4 is 0 Å². The molecule has 0 aliphatic carbocycles. The second kappa shape index (κ2) is 5.93. The van der Waals surface area contributed by atoms with Crippen molar-refractivity contribution in [1.29, 1.82) is 0 Å². The van der Waals surface area contributed by atoms with Gasteiger partial charge < -0.3 is 0 Å². The first-order valence-electron chi connectivity index (χ1n) is 2.17. The summed E-state index contributed by atoms with van der Waals surface area (Å²) in [6.45, 7) is 1.99. The van der Waals surface area contributed by atoms with Crippen molar-refractivity contribution in [2.75, 3.05) is 0 Å². The van der Waals surface area contributed by atoms with Crippen molar-refractivity contribution in [2.45, 2.75) is 6.92 Å². The van der Waals surface area contributed by atoms with E-state index in [0.29, 0.717) is 0 Å². The van der Waals surface area contributed by atoms with Crippen LogP contribution in [0.5, 0.6) is 0 Å². The van der Waals surface area contributed by atoms with Crippen molar-refractivity contribution >= 4 is 4.73 Å². The maximum absolute atomic E-state index is 2.38. The Bertz CT molecular complexity index is 90.4. The van der Waals surface area contributed by atoms with Gasteiger partial charge in [0.05, 0.1) is 0 Å². The van der Waals surface area contributed by atoms with E-state index in [-0.39, 0.29) is 0 Å². The molecule has 0 aromatic rings. The van der Waals surface area contributed by atoms with E-state index < -0.39 is 0 Å². The molecule has 0 spiro atoms. The molecule has 1 heteroatoms. The molecule has 0 heterocycles. The standard InChI is InChI=1S/C6H8.V/c1-3-5-6-4-2;/h1,3-6H,2H3;/b5-3-,6-4?;. The van der Waals surface area contributed by atoms with Gasteiger partial charge in [-0.05, 0) is 0 Å². The van der Waals surface area contributed by atoms with Gasteiger partial charge in [-0.2, -0.15) is 0 Å². The van der Waals surface area contributed by atoms with Crippen LogP contribution in [0.15, 0.2) is 24.3 Å². The predicted molar refractivity (Wildman–Crippen MR) is 30.0 cm³/mol. The average Bonchev–Trinajstić information content (AvgIpc) is 1.69. The van der Waals surface area contributed by atoms with Crippen LogP contribution >= 0.6 is 0 Å². The van der Waals surface area contributed by atoms with E-state index >= 15 is 0 Å². The molecule has 0 aromatic heterocycles. The van der Waals surface area contributed by atoms with Gasteiger partial charge in [-0.3, -0.25) is 0 Å². The number of allylic oxidation sites excluding steroid dienone is 4. The molecule has 0 aromatic carbocycles. The molecule has 7 heavy (non-hydrogen) atoms. The van der Waals surface area contributed by atoms with Gasteiger partial charge in [-0.25, -0.2) is 0 Å². The van der Waals surface area contributed by atoms with E-state index in [4.69, 9.17) is 0 Å². The minimum absolute atomic E-state index is 1.94. The first-order chi connectivity index (χ1) is 3.41. The second-order valence-electron chi connectivity index (χ2n) is 1.06. The summed E-state index contributed by atoms with van der Waals surface area (Å²) in [7, 11) is 0. The SMILES string of the molecule is CC=C/C=C\[CH]=[V]. The van der Waals surface area contributed by atoms with Gasteiger partial charge in [0.25, 0.3) is 0 Å². The van der Waals surface area contributed by atoms with Crippen LogP contribution in [0.2, 0.25) is 0 Å². The summed E-state index contributed by atoms with van der Waals surface area (Å²) in [6, 6.07) is 0. The third kappa shape index (κ3) is 5.93. The Labute approximate surface area is 53.4 Å². The zero-order chi connectivity index (χ0) is 5.54. The summed E-state index contributed by atoms with van der Waals surface area (Å²) in [6.07, 6.45) is 7.94. The topological polar surface area (TPSA) is 0 Å². The maximum atomic E-state index is 2.38. The molecule has 0 atom stereocenters. The van der Waals surface area contributed by atoms with E-state index in [2.05, 4.69) is 17.0 Å². The van der Waals surface area contributed by atoms with Gasteiger partial charge in [-0.1, -0.05) is 0 Å². The van der Waals surface area contributed by atoms with E-state index in [9.17, 15) is 0 Å². The van der Waals surface area contributed by atoms with Gasteiger partial charge in [0, 0.05) is 0 Å². The molecule has 0 saturated carbocycles. The predicted octanol–water partition coefficient (Wildman–Crippen LogP) is 1.47. The molecule has 0 aliphatic rings. The van der Waals surface area contributed by atoms with Gasteiger partial charge in [-0.15, -0.1) is 0 Å². The van der Waals surface area contributed by atoms with Crippen LogP contribution in [0.1, 0.15) is 6.92 Å². The molecular formula is C6H8V. The fraction of sp³-hybridized carbons (Fsp3) is 0.167. The molecule has 0 aliphatic heterocycles. The van der Waals surface area contributed by atoms with Crippen LogP contribution in [0.3, 0.4) is 0 Å². The van der Waals surface area contributed by atoms with Gasteiger partial charge >= 0.3 is 52.9 Å². The second-order valence-corrected chi connectivity index (χ2v) is 1.53. The number of rotatable bonds is 2. The number of hydrogen-bond donors (Lipinski definition) is 0. The van der Waals surface area contributed by atoms with Crippen LogP contribution in [-0.2, 0) is 17.0 Å². The summed E-state index contributed by atoms with van der Waals surface area (Å²) in [5.74, 6) is 0. The summed E-state index contributed by atoms with van der Waals surface area (Å²) in [5, 5.41) is 0. The molecule has 0 radical (unpaired) electrons. The third-order valence-corrected chi connectivity index (χ3v) is 0.770. The van der Waals surface area contributed by atoms with Crippen molar-refractivity contribution in [1.82, 2.24) is 0 Å². The number of hydrogen-bond acceptors (Lipinski definition) is 0. The molecule has 0 fully saturated rings. The van der Waals surface area contributed by atoms with Crippen LogP contribution in [0.25, 0.3) is 0 Å². The van der Waals surface area contributed by atoms with Crippen LogP contribution in [0, 0.1) is 0 Å². The Balaban J connectivity index is 3.27. The molecule has 0 bridgehead atoms. The first kappa shape index (κ1) is 6.93. The Kier molecular flexibility index (Phi) is 5.88. The molecule has 0 N–H and O–H groups in total. The summed E-state index contributed by atoms with van der Waals surface area (Å²) in [4.78, 5) is 0. The van der Waals surface area contributed by atoms with Crippen molar-refractivity contribution in [2.24, 2.45) is 0 Å². The Morgan fingerprint density at radius 2 is 1.86 bits per heavy atom. The van der Waals surface area contributed by atoms with E-state index in [1.165, 1.54) is 0 Å². The van der Waals surface area contributed by atoms with E-state index in [1.807, 2.05) is 36.0 Å². The minimum atomic E-state index is 1.94. The molecule has 0 amide bonds. The van der Waals surface area contributed by atoms with Crippen LogP contribution in [-0.4, -0.2) is 4.73 Å². The third-order valence-electron chi connectivity index (χ3n) is 0.501. The first-order valence-corrected chi connectivity index (χ1v) is 2.98. The average molecular weight is 131 g/mol. The molecule has 37 valence electrons. The van der Waals surface area contributed by atoms with Crippen molar-refractivity contribution < 1.29 is 17.0 Å². The van der Waals surface area contributed by atoms with E-state index in [0.717, 1.165) is 0 Å². The Morgan fingerprint density at radius 3 is 2.29 bits per heavy atom. The Hall–Kier alpha value is -0.0656. The van der Waals surface area contributed by atoms with Crippen molar-refractivity contribution in [3.63, 3.8) is 0 Å². The van der Waals surface area contributed by atoms with Gasteiger partial charge in [0.2, 0.25) is 0 Å². The zero-order valence-electron chi connectivity index (χ0n) is 4.33. The van der Waals surface area contributed by atoms with Crippen LogP contribution in [0.4, 0.5) is 0 Å². The molecule has 0 rings (SSSR count). The van der Waals surface area contributed by atoms with Crippen molar-refractivity contribution in [3.05, 3.63) is 24.3 Å². The summed E-state index contributed by atoms with van der Waals surface area (Å²) >= 11 is 2.38. The fourth-order valence-electron chi connectivity index (χ4n) is 0.225. The molecule has 0 unspecified atom stereocenters. The molecule has 0 saturated heterocycles. The fourth-order valence-corrected chi connectivity index (χ4v) is 0.380. The molecular weight excluding hydrogens is 123 g/mol. The zero-order valence-corrected chi connectivity index (χ0v) is 5.73. The Morgan fingerprint density at radius 1 is 1.14 bits per heavy atom. The summed E-state index contributed by atoms with van der Waals surface area (Å²) in [5.41, 5.74) is 0. The summed E-state index contributed by atoms with van der Waals surface area (Å²) < 4.78 is 1.94. The van der Waals surface area contributed by atoms with Crippen molar-refractivity contribution in [3.8, 4) is 0 Å². The molecule has 0 nitrogen and oxygen atoms in total. The quantitative estimate of drug-likeness (QED) is 0.498. The van der Waals surface area contributed by atoms with Gasteiger partial charge in [0.15, 0.2) is 0 Å². The normalized spacial score (nSPS) is 10.9. The van der Waals surface area contributed by atoms with Gasteiger partial charge in [0.1, 0.15) is 0 Å². The monoisotopic (exact) mass is 131 g/mol. The van der Waals surface area contributed by atoms with E-state index in [1.54, 1.807) is 0 Å².